The van der Waals surface area contributed by atoms with Crippen molar-refractivity contribution < 1.29 is 9.53 Å². The highest BCUT2D eigenvalue weighted by molar-refractivity contribution is 8.14. The van der Waals surface area contributed by atoms with E-state index in [1.165, 1.54) is 11.8 Å². The topological polar surface area (TPSA) is 38.7 Å². The summed E-state index contributed by atoms with van der Waals surface area (Å²) in [6.45, 7) is 2.61. The lowest BCUT2D eigenvalue weighted by atomic mass is 10.1. The van der Waals surface area contributed by atoms with Gasteiger partial charge in [0.2, 0.25) is 0 Å². The molecule has 0 radical (unpaired) electrons. The van der Waals surface area contributed by atoms with E-state index in [1.54, 1.807) is 0 Å². The van der Waals surface area contributed by atoms with Crippen molar-refractivity contribution >= 4 is 22.7 Å². The van der Waals surface area contributed by atoms with E-state index in [9.17, 15) is 4.79 Å². The Labute approximate surface area is 92.5 Å². The maximum atomic E-state index is 10.9. The number of nitrogens with zero attached hydrogens (tertiary/aromatic N) is 1. The summed E-state index contributed by atoms with van der Waals surface area (Å²) in [7, 11) is 0. The molecule has 0 aliphatic carbocycles. The second kappa shape index (κ2) is 4.49. The summed E-state index contributed by atoms with van der Waals surface area (Å²) < 4.78 is 5.33. The predicted molar refractivity (Wildman–Crippen MR) is 62.0 cm³/mol. The van der Waals surface area contributed by atoms with Crippen LogP contribution in [-0.2, 0) is 0 Å². The second-order valence-corrected chi connectivity index (χ2v) is 4.00. The lowest BCUT2D eigenvalue weighted by molar-refractivity contribution is 0.268. The van der Waals surface area contributed by atoms with Gasteiger partial charge in [-0.3, -0.25) is 4.79 Å². The van der Waals surface area contributed by atoms with Gasteiger partial charge in [0, 0.05) is 5.75 Å². The summed E-state index contributed by atoms with van der Waals surface area (Å²) >= 11 is 1.24. The Hall–Kier alpha value is -1.29. The van der Waals surface area contributed by atoms with Crippen molar-refractivity contribution in [1.29, 1.82) is 0 Å². The van der Waals surface area contributed by atoms with E-state index in [0.29, 0.717) is 12.4 Å². The van der Waals surface area contributed by atoms with Gasteiger partial charge in [-0.25, -0.2) is 4.99 Å². The molecule has 0 aromatic heterocycles. The molecule has 0 spiro atoms. The predicted octanol–water partition coefficient (Wildman–Crippen LogP) is 2.74. The molecule has 3 nitrogen and oxygen atoms in total. The molecule has 0 unspecified atom stereocenters. The fourth-order valence-corrected chi connectivity index (χ4v) is 2.03. The highest BCUT2D eigenvalue weighted by Crippen LogP contribution is 2.20. The van der Waals surface area contributed by atoms with Crippen molar-refractivity contribution in [2.45, 2.75) is 6.92 Å². The third kappa shape index (κ3) is 2.39. The molecule has 0 atom stereocenters. The summed E-state index contributed by atoms with van der Waals surface area (Å²) in [5, 5.41) is -0.0983. The number of aliphatic imine (C=N–C) groups is 1. The lowest BCUT2D eigenvalue weighted by Crippen LogP contribution is -2.00. The number of ether oxygens (including phenoxy) is 1. The van der Waals surface area contributed by atoms with Crippen LogP contribution in [0.4, 0.5) is 4.79 Å². The standard InChI is InChI=1S/C11H11NO2S/c1-2-14-9-5-3-8(4-6-9)10-7-15-11(13)12-10/h3-6H,2,7H2,1H3. The number of hydrogen-bond acceptors (Lipinski definition) is 3. The summed E-state index contributed by atoms with van der Waals surface area (Å²) in [6, 6.07) is 7.66. The minimum atomic E-state index is -0.0983. The first kappa shape index (κ1) is 10.2. The molecule has 1 heterocycles. The number of hydrogen-bond donors (Lipinski definition) is 0. The Bertz CT molecular complexity index is 398. The van der Waals surface area contributed by atoms with E-state index in [0.717, 1.165) is 17.0 Å². The minimum Gasteiger partial charge on any atom is -0.494 e. The van der Waals surface area contributed by atoms with Crippen LogP contribution in [0.25, 0.3) is 0 Å². The van der Waals surface area contributed by atoms with Gasteiger partial charge in [0.1, 0.15) is 5.75 Å². The molecule has 0 bridgehead atoms. The monoisotopic (exact) mass is 221 g/mol. The summed E-state index contributed by atoms with van der Waals surface area (Å²) in [5.41, 5.74) is 1.85. The Morgan fingerprint density at radius 3 is 2.67 bits per heavy atom. The van der Waals surface area contributed by atoms with Gasteiger partial charge in [-0.2, -0.15) is 0 Å². The van der Waals surface area contributed by atoms with Crippen LogP contribution in [-0.4, -0.2) is 23.3 Å². The highest BCUT2D eigenvalue weighted by atomic mass is 32.2. The van der Waals surface area contributed by atoms with Gasteiger partial charge in [0.05, 0.1) is 12.3 Å². The van der Waals surface area contributed by atoms with Crippen molar-refractivity contribution in [3.05, 3.63) is 29.8 Å². The molecule has 0 fully saturated rings. The van der Waals surface area contributed by atoms with Crippen molar-refractivity contribution in [1.82, 2.24) is 0 Å². The fraction of sp³-hybridized carbons (Fsp3) is 0.273. The number of thioether (sulfide) groups is 1. The molecule has 1 aromatic carbocycles. The molecule has 15 heavy (non-hydrogen) atoms. The quantitative estimate of drug-likeness (QED) is 0.787. The molecular formula is C11H11NO2S. The number of rotatable bonds is 3. The average molecular weight is 221 g/mol. The first-order valence-electron chi connectivity index (χ1n) is 4.77. The lowest BCUT2D eigenvalue weighted by Gasteiger charge is -2.03. The van der Waals surface area contributed by atoms with Crippen LogP contribution in [0.2, 0.25) is 0 Å². The van der Waals surface area contributed by atoms with E-state index in [2.05, 4.69) is 4.99 Å². The first-order chi connectivity index (χ1) is 7.29. The van der Waals surface area contributed by atoms with Gasteiger partial charge in [-0.05, 0) is 36.8 Å². The van der Waals surface area contributed by atoms with E-state index < -0.39 is 0 Å². The van der Waals surface area contributed by atoms with E-state index in [4.69, 9.17) is 4.74 Å². The number of carbonyl (C=O) groups excluding carboxylic acids is 1. The molecule has 1 aromatic rings. The third-order valence-electron chi connectivity index (χ3n) is 2.06. The van der Waals surface area contributed by atoms with Gasteiger partial charge >= 0.3 is 5.24 Å². The van der Waals surface area contributed by atoms with E-state index in [1.807, 2.05) is 31.2 Å². The molecule has 4 heteroatoms. The molecule has 1 aliphatic heterocycles. The SMILES string of the molecule is CCOc1ccc(C2=NC(=O)SC2)cc1. The number of benzene rings is 1. The van der Waals surface area contributed by atoms with Crippen LogP contribution in [0.3, 0.4) is 0 Å². The Morgan fingerprint density at radius 2 is 2.13 bits per heavy atom. The molecule has 78 valence electrons. The van der Waals surface area contributed by atoms with Crippen molar-refractivity contribution in [3.63, 3.8) is 0 Å². The van der Waals surface area contributed by atoms with Crippen LogP contribution >= 0.6 is 11.8 Å². The molecule has 0 N–H and O–H groups in total. The Kier molecular flexibility index (Phi) is 3.06. The summed E-state index contributed by atoms with van der Waals surface area (Å²) in [5.74, 6) is 1.52. The third-order valence-corrected chi connectivity index (χ3v) is 2.81. The van der Waals surface area contributed by atoms with Crippen LogP contribution in [0.1, 0.15) is 12.5 Å². The number of amides is 1. The molecule has 1 amide bonds. The van der Waals surface area contributed by atoms with Crippen LogP contribution in [0, 0.1) is 0 Å². The van der Waals surface area contributed by atoms with Gasteiger partial charge in [-0.15, -0.1) is 0 Å². The molecule has 0 saturated carbocycles. The smallest absolute Gasteiger partial charge is 0.305 e. The zero-order chi connectivity index (χ0) is 10.7. The maximum Gasteiger partial charge on any atom is 0.305 e. The normalized spacial score (nSPS) is 15.3. The van der Waals surface area contributed by atoms with Crippen LogP contribution in [0.5, 0.6) is 5.75 Å². The molecule has 1 aliphatic rings. The zero-order valence-electron chi connectivity index (χ0n) is 8.40. The zero-order valence-corrected chi connectivity index (χ0v) is 9.21. The second-order valence-electron chi connectivity index (χ2n) is 3.07. The first-order valence-corrected chi connectivity index (χ1v) is 5.75. The Balaban J connectivity index is 2.17. The average Bonchev–Trinajstić information content (AvgIpc) is 2.67. The maximum absolute atomic E-state index is 10.9. The van der Waals surface area contributed by atoms with Crippen molar-refractivity contribution in [2.24, 2.45) is 4.99 Å². The largest absolute Gasteiger partial charge is 0.494 e. The summed E-state index contributed by atoms with van der Waals surface area (Å²) in [6.07, 6.45) is 0. The van der Waals surface area contributed by atoms with E-state index in [-0.39, 0.29) is 5.24 Å². The molecule has 2 rings (SSSR count). The molecule has 0 saturated heterocycles. The molecular weight excluding hydrogens is 210 g/mol. The number of carbonyl (C=O) groups is 1. The van der Waals surface area contributed by atoms with Crippen LogP contribution < -0.4 is 4.74 Å². The van der Waals surface area contributed by atoms with E-state index >= 15 is 0 Å². The van der Waals surface area contributed by atoms with Gasteiger partial charge in [-0.1, -0.05) is 11.8 Å². The summed E-state index contributed by atoms with van der Waals surface area (Å²) in [4.78, 5) is 14.9. The van der Waals surface area contributed by atoms with Gasteiger partial charge < -0.3 is 4.74 Å². The van der Waals surface area contributed by atoms with Crippen molar-refractivity contribution in [3.8, 4) is 5.75 Å². The van der Waals surface area contributed by atoms with Gasteiger partial charge in [0.25, 0.3) is 0 Å². The fourth-order valence-electron chi connectivity index (χ4n) is 1.36. The Morgan fingerprint density at radius 1 is 1.40 bits per heavy atom. The van der Waals surface area contributed by atoms with Crippen molar-refractivity contribution in [2.75, 3.05) is 12.4 Å². The highest BCUT2D eigenvalue weighted by Gasteiger charge is 2.15. The van der Waals surface area contributed by atoms with Gasteiger partial charge in [0.15, 0.2) is 0 Å². The van der Waals surface area contributed by atoms with Crippen LogP contribution in [0.15, 0.2) is 29.3 Å². The minimum absolute atomic E-state index is 0.0983.